The lowest BCUT2D eigenvalue weighted by Crippen LogP contribution is -2.19. The van der Waals surface area contributed by atoms with Gasteiger partial charge in [-0.3, -0.25) is 4.79 Å². The van der Waals surface area contributed by atoms with Crippen LogP contribution in [0.5, 0.6) is 0 Å². The van der Waals surface area contributed by atoms with Gasteiger partial charge in [0.05, 0.1) is 10.6 Å². The first-order chi connectivity index (χ1) is 13.4. The van der Waals surface area contributed by atoms with Crippen LogP contribution in [0.4, 0.5) is 4.39 Å². The Morgan fingerprint density at radius 3 is 2.43 bits per heavy atom. The molecule has 6 nitrogen and oxygen atoms in total. The van der Waals surface area contributed by atoms with Gasteiger partial charge in [-0.25, -0.2) is 18.2 Å². The molecule has 3 rings (SSSR count). The lowest BCUT2D eigenvalue weighted by atomic mass is 10.1. The summed E-state index contributed by atoms with van der Waals surface area (Å²) < 4.78 is 43.8. The van der Waals surface area contributed by atoms with E-state index in [0.29, 0.717) is 0 Å². The molecule has 1 aromatic heterocycles. The molecule has 0 bridgehead atoms. The molecule has 28 heavy (non-hydrogen) atoms. The SMILES string of the molecule is C/C(=N/NC(=O)c1ccc(CS(=O)(=O)c2ccccc2)o1)c1ccccc1F. The summed E-state index contributed by atoms with van der Waals surface area (Å²) in [7, 11) is -3.59. The van der Waals surface area contributed by atoms with E-state index in [1.807, 2.05) is 0 Å². The molecule has 0 aliphatic carbocycles. The van der Waals surface area contributed by atoms with Crippen molar-refractivity contribution in [3.63, 3.8) is 0 Å². The highest BCUT2D eigenvalue weighted by molar-refractivity contribution is 7.90. The van der Waals surface area contributed by atoms with Crippen molar-refractivity contribution in [2.75, 3.05) is 0 Å². The number of carbonyl (C=O) groups is 1. The third-order valence-electron chi connectivity index (χ3n) is 3.91. The molecule has 1 N–H and O–H groups in total. The van der Waals surface area contributed by atoms with E-state index >= 15 is 0 Å². The molecule has 1 amide bonds. The van der Waals surface area contributed by atoms with Crippen LogP contribution in [0.2, 0.25) is 0 Å². The van der Waals surface area contributed by atoms with Crippen molar-refractivity contribution in [1.82, 2.24) is 5.43 Å². The molecule has 0 aliphatic heterocycles. The number of benzene rings is 2. The van der Waals surface area contributed by atoms with Crippen LogP contribution in [-0.2, 0) is 15.6 Å². The Hall–Kier alpha value is -3.26. The highest BCUT2D eigenvalue weighted by Crippen LogP contribution is 2.18. The molecule has 0 saturated heterocycles. The van der Waals surface area contributed by atoms with Gasteiger partial charge in [-0.2, -0.15) is 5.10 Å². The van der Waals surface area contributed by atoms with E-state index in [1.54, 1.807) is 43.3 Å². The summed E-state index contributed by atoms with van der Waals surface area (Å²) in [5.74, 6) is -1.46. The molecule has 0 saturated carbocycles. The number of amides is 1. The summed E-state index contributed by atoms with van der Waals surface area (Å²) in [6.07, 6.45) is 0. The molecular weight excluding hydrogens is 383 g/mol. The van der Waals surface area contributed by atoms with E-state index < -0.39 is 21.6 Å². The van der Waals surface area contributed by atoms with Crippen molar-refractivity contribution < 1.29 is 22.0 Å². The summed E-state index contributed by atoms with van der Waals surface area (Å²) in [5.41, 5.74) is 2.81. The zero-order valence-electron chi connectivity index (χ0n) is 14.9. The molecule has 0 aliphatic rings. The van der Waals surface area contributed by atoms with E-state index in [1.165, 1.54) is 30.3 Å². The van der Waals surface area contributed by atoms with E-state index in [-0.39, 0.29) is 33.4 Å². The molecular formula is C20H17FN2O4S. The number of furan rings is 1. The second kappa shape index (κ2) is 8.18. The highest BCUT2D eigenvalue weighted by Gasteiger charge is 2.19. The van der Waals surface area contributed by atoms with Crippen molar-refractivity contribution in [1.29, 1.82) is 0 Å². The maximum Gasteiger partial charge on any atom is 0.307 e. The quantitative estimate of drug-likeness (QED) is 0.506. The molecule has 0 spiro atoms. The Balaban J connectivity index is 1.69. The number of hydrogen-bond donors (Lipinski definition) is 1. The minimum absolute atomic E-state index is 0.0941. The molecule has 144 valence electrons. The topological polar surface area (TPSA) is 88.7 Å². The molecule has 0 unspecified atom stereocenters. The first kappa shape index (κ1) is 19.5. The monoisotopic (exact) mass is 400 g/mol. The highest BCUT2D eigenvalue weighted by atomic mass is 32.2. The largest absolute Gasteiger partial charge is 0.455 e. The molecule has 2 aromatic carbocycles. The van der Waals surface area contributed by atoms with Crippen molar-refractivity contribution in [3.8, 4) is 0 Å². The average molecular weight is 400 g/mol. The van der Waals surface area contributed by atoms with Gasteiger partial charge in [-0.05, 0) is 37.3 Å². The van der Waals surface area contributed by atoms with Gasteiger partial charge in [0.1, 0.15) is 17.3 Å². The van der Waals surface area contributed by atoms with Crippen LogP contribution in [0.3, 0.4) is 0 Å². The Morgan fingerprint density at radius 2 is 1.71 bits per heavy atom. The summed E-state index contributed by atoms with van der Waals surface area (Å²) in [4.78, 5) is 12.3. The fourth-order valence-electron chi connectivity index (χ4n) is 2.48. The van der Waals surface area contributed by atoms with Crippen molar-refractivity contribution >= 4 is 21.5 Å². The fourth-order valence-corrected chi connectivity index (χ4v) is 3.75. The van der Waals surface area contributed by atoms with Crippen LogP contribution in [-0.4, -0.2) is 20.0 Å². The Morgan fingerprint density at radius 1 is 1.04 bits per heavy atom. The number of nitrogens with one attached hydrogen (secondary N) is 1. The number of halogens is 1. The Kier molecular flexibility index (Phi) is 5.70. The van der Waals surface area contributed by atoms with Crippen molar-refractivity contribution in [2.24, 2.45) is 5.10 Å². The minimum Gasteiger partial charge on any atom is -0.455 e. The predicted molar refractivity (Wildman–Crippen MR) is 102 cm³/mol. The van der Waals surface area contributed by atoms with E-state index in [2.05, 4.69) is 10.5 Å². The third-order valence-corrected chi connectivity index (χ3v) is 5.56. The lowest BCUT2D eigenvalue weighted by Gasteiger charge is -2.03. The second-order valence-electron chi connectivity index (χ2n) is 5.96. The summed E-state index contributed by atoms with van der Waals surface area (Å²) in [6, 6.07) is 16.8. The molecule has 8 heteroatoms. The van der Waals surface area contributed by atoms with Crippen molar-refractivity contribution in [3.05, 3.63) is 89.6 Å². The molecule has 0 atom stereocenters. The van der Waals surface area contributed by atoms with Crippen LogP contribution in [0.25, 0.3) is 0 Å². The van der Waals surface area contributed by atoms with Crippen LogP contribution < -0.4 is 5.43 Å². The van der Waals surface area contributed by atoms with Crippen molar-refractivity contribution in [2.45, 2.75) is 17.6 Å². The summed E-state index contributed by atoms with van der Waals surface area (Å²) >= 11 is 0. The summed E-state index contributed by atoms with van der Waals surface area (Å²) in [6.45, 7) is 1.55. The van der Waals surface area contributed by atoms with Gasteiger partial charge in [0.25, 0.3) is 0 Å². The Bertz CT molecular complexity index is 1120. The van der Waals surface area contributed by atoms with Gasteiger partial charge in [-0.1, -0.05) is 36.4 Å². The van der Waals surface area contributed by atoms with Gasteiger partial charge >= 0.3 is 5.91 Å². The number of hydrogen-bond acceptors (Lipinski definition) is 5. The predicted octanol–water partition coefficient (Wildman–Crippen LogP) is 3.55. The molecule has 0 fully saturated rings. The minimum atomic E-state index is -3.59. The van der Waals surface area contributed by atoms with Gasteiger partial charge in [-0.15, -0.1) is 0 Å². The van der Waals surface area contributed by atoms with E-state index in [4.69, 9.17) is 4.42 Å². The second-order valence-corrected chi connectivity index (χ2v) is 7.95. The number of hydrazone groups is 1. The van der Waals surface area contributed by atoms with E-state index in [0.717, 1.165) is 0 Å². The molecule has 0 radical (unpaired) electrons. The number of rotatable bonds is 6. The Labute approximate surface area is 161 Å². The maximum atomic E-state index is 13.7. The van der Waals surface area contributed by atoms with Gasteiger partial charge < -0.3 is 4.42 Å². The zero-order chi connectivity index (χ0) is 20.1. The molecule has 1 heterocycles. The van der Waals surface area contributed by atoms with E-state index in [9.17, 15) is 17.6 Å². The van der Waals surface area contributed by atoms with Crippen LogP contribution in [0.15, 0.2) is 81.1 Å². The smallest absolute Gasteiger partial charge is 0.307 e. The first-order valence-corrected chi connectivity index (χ1v) is 9.98. The maximum absolute atomic E-state index is 13.7. The number of carbonyl (C=O) groups excluding carboxylic acids is 1. The van der Waals surface area contributed by atoms with Crippen LogP contribution in [0.1, 0.15) is 28.8 Å². The average Bonchev–Trinajstić information content (AvgIpc) is 3.15. The lowest BCUT2D eigenvalue weighted by molar-refractivity contribution is 0.0925. The summed E-state index contributed by atoms with van der Waals surface area (Å²) in [5, 5.41) is 3.86. The fraction of sp³-hybridized carbons (Fsp3) is 0.100. The standard InChI is InChI=1S/C20H17FN2O4S/c1-14(17-9-5-6-10-18(17)21)22-23-20(24)19-12-11-15(27-19)13-28(25,26)16-7-3-2-4-8-16/h2-12H,13H2,1H3,(H,23,24)/b22-14-. The van der Waals surface area contributed by atoms with Gasteiger partial charge in [0, 0.05) is 5.56 Å². The van der Waals surface area contributed by atoms with Crippen LogP contribution >= 0.6 is 0 Å². The number of nitrogens with zero attached hydrogens (tertiary/aromatic N) is 1. The zero-order valence-corrected chi connectivity index (χ0v) is 15.7. The van der Waals surface area contributed by atoms with Crippen LogP contribution in [0, 0.1) is 5.82 Å². The number of sulfone groups is 1. The van der Waals surface area contributed by atoms with Gasteiger partial charge in [0.2, 0.25) is 0 Å². The molecule has 3 aromatic rings. The normalized spacial score (nSPS) is 12.0. The van der Waals surface area contributed by atoms with Gasteiger partial charge in [0.15, 0.2) is 15.6 Å². The third kappa shape index (κ3) is 4.52. The first-order valence-electron chi connectivity index (χ1n) is 8.33.